The molecule has 0 bridgehead atoms. The average molecular weight is 362 g/mol. The van der Waals surface area contributed by atoms with E-state index in [1.54, 1.807) is 36.4 Å². The third kappa shape index (κ3) is 6.21. The van der Waals surface area contributed by atoms with Gasteiger partial charge in [-0.15, -0.1) is 0 Å². The molecule has 0 aromatic heterocycles. The quantitative estimate of drug-likeness (QED) is 0.792. The van der Waals surface area contributed by atoms with Gasteiger partial charge in [-0.3, -0.25) is 9.52 Å². The SMILES string of the molecule is CC(C)OCc1ccc(C(=O)Nc2ccccc2NS(C)(=O)=O)cc1. The lowest BCUT2D eigenvalue weighted by molar-refractivity contribution is 0.0657. The Kier molecular flexibility index (Phi) is 6.17. The van der Waals surface area contributed by atoms with Crippen LogP contribution in [0, 0.1) is 0 Å². The van der Waals surface area contributed by atoms with E-state index in [-0.39, 0.29) is 12.0 Å². The van der Waals surface area contributed by atoms with Gasteiger partial charge in [0.15, 0.2) is 0 Å². The van der Waals surface area contributed by atoms with E-state index in [0.29, 0.717) is 23.5 Å². The number of benzene rings is 2. The summed E-state index contributed by atoms with van der Waals surface area (Å²) >= 11 is 0. The highest BCUT2D eigenvalue weighted by atomic mass is 32.2. The van der Waals surface area contributed by atoms with Gasteiger partial charge in [0, 0.05) is 5.56 Å². The number of carbonyl (C=O) groups excluding carboxylic acids is 1. The van der Waals surface area contributed by atoms with Crippen LogP contribution >= 0.6 is 0 Å². The minimum atomic E-state index is -3.43. The molecule has 134 valence electrons. The van der Waals surface area contributed by atoms with Crippen molar-refractivity contribution in [2.24, 2.45) is 0 Å². The minimum Gasteiger partial charge on any atom is -0.374 e. The van der Waals surface area contributed by atoms with Crippen LogP contribution in [0.4, 0.5) is 11.4 Å². The smallest absolute Gasteiger partial charge is 0.255 e. The van der Waals surface area contributed by atoms with E-state index in [9.17, 15) is 13.2 Å². The number of nitrogens with one attached hydrogen (secondary N) is 2. The fraction of sp³-hybridized carbons (Fsp3) is 0.278. The number of hydrogen-bond acceptors (Lipinski definition) is 4. The second-order valence-corrected chi connectivity index (χ2v) is 7.68. The minimum absolute atomic E-state index is 0.141. The molecule has 0 saturated heterocycles. The summed E-state index contributed by atoms with van der Waals surface area (Å²) in [6.45, 7) is 4.41. The van der Waals surface area contributed by atoms with Crippen molar-refractivity contribution in [3.8, 4) is 0 Å². The molecule has 6 nitrogen and oxygen atoms in total. The van der Waals surface area contributed by atoms with E-state index in [1.807, 2.05) is 26.0 Å². The second-order valence-electron chi connectivity index (χ2n) is 5.93. The second kappa shape index (κ2) is 8.13. The van der Waals surface area contributed by atoms with Gasteiger partial charge in [-0.2, -0.15) is 0 Å². The lowest BCUT2D eigenvalue weighted by Crippen LogP contribution is -2.16. The summed E-state index contributed by atoms with van der Waals surface area (Å²) in [6, 6.07) is 13.7. The summed E-state index contributed by atoms with van der Waals surface area (Å²) in [7, 11) is -3.43. The van der Waals surface area contributed by atoms with Crippen LogP contribution in [-0.2, 0) is 21.4 Å². The molecule has 0 saturated carbocycles. The summed E-state index contributed by atoms with van der Waals surface area (Å²) < 4.78 is 30.7. The summed E-state index contributed by atoms with van der Waals surface area (Å²) in [5, 5.41) is 2.72. The standard InChI is InChI=1S/C18H22N2O4S/c1-13(2)24-12-14-8-10-15(11-9-14)18(21)19-16-6-4-5-7-17(16)20-25(3,22)23/h4-11,13,20H,12H2,1-3H3,(H,19,21). The fourth-order valence-electron chi connectivity index (χ4n) is 2.09. The van der Waals surface area contributed by atoms with Gasteiger partial charge in [-0.05, 0) is 43.7 Å². The molecule has 0 aliphatic carbocycles. The molecule has 0 spiro atoms. The number of hydrogen-bond donors (Lipinski definition) is 2. The van der Waals surface area contributed by atoms with Gasteiger partial charge in [0.05, 0.1) is 30.3 Å². The molecule has 0 atom stereocenters. The normalized spacial score (nSPS) is 11.4. The lowest BCUT2D eigenvalue weighted by Gasteiger charge is -2.12. The number of carbonyl (C=O) groups is 1. The van der Waals surface area contributed by atoms with E-state index >= 15 is 0 Å². The van der Waals surface area contributed by atoms with Gasteiger partial charge in [0.25, 0.3) is 5.91 Å². The first-order valence-electron chi connectivity index (χ1n) is 7.83. The zero-order valence-corrected chi connectivity index (χ0v) is 15.3. The molecule has 0 heterocycles. The highest BCUT2D eigenvalue weighted by Gasteiger charge is 2.11. The molecule has 2 N–H and O–H groups in total. The van der Waals surface area contributed by atoms with Crippen LogP contribution in [0.1, 0.15) is 29.8 Å². The molecule has 0 radical (unpaired) electrons. The van der Waals surface area contributed by atoms with E-state index in [0.717, 1.165) is 11.8 Å². The fourth-order valence-corrected chi connectivity index (χ4v) is 2.67. The third-order valence-electron chi connectivity index (χ3n) is 3.27. The summed E-state index contributed by atoms with van der Waals surface area (Å²) in [5.74, 6) is -0.320. The molecule has 0 aliphatic heterocycles. The van der Waals surface area contributed by atoms with Crippen LogP contribution in [0.5, 0.6) is 0 Å². The van der Waals surface area contributed by atoms with Crippen molar-refractivity contribution in [1.82, 2.24) is 0 Å². The molecular formula is C18H22N2O4S. The zero-order chi connectivity index (χ0) is 18.4. The van der Waals surface area contributed by atoms with Crippen LogP contribution in [0.2, 0.25) is 0 Å². The average Bonchev–Trinajstić information content (AvgIpc) is 2.54. The number of amides is 1. The Balaban J connectivity index is 2.10. The van der Waals surface area contributed by atoms with Gasteiger partial charge in [0.1, 0.15) is 0 Å². The molecule has 0 fully saturated rings. The number of sulfonamides is 1. The topological polar surface area (TPSA) is 84.5 Å². The molecule has 1 amide bonds. The number of para-hydroxylation sites is 2. The van der Waals surface area contributed by atoms with E-state index in [1.165, 1.54) is 0 Å². The summed E-state index contributed by atoms with van der Waals surface area (Å²) in [4.78, 5) is 12.4. The van der Waals surface area contributed by atoms with Gasteiger partial charge >= 0.3 is 0 Å². The third-order valence-corrected chi connectivity index (χ3v) is 3.86. The monoisotopic (exact) mass is 362 g/mol. The van der Waals surface area contributed by atoms with Crippen LogP contribution in [0.15, 0.2) is 48.5 Å². The van der Waals surface area contributed by atoms with Crippen molar-refractivity contribution in [3.05, 3.63) is 59.7 Å². The first-order valence-corrected chi connectivity index (χ1v) is 9.72. The Morgan fingerprint density at radius 2 is 1.64 bits per heavy atom. The van der Waals surface area contributed by atoms with Crippen molar-refractivity contribution in [2.45, 2.75) is 26.6 Å². The van der Waals surface area contributed by atoms with Crippen molar-refractivity contribution in [1.29, 1.82) is 0 Å². The first kappa shape index (κ1) is 19.0. The predicted octanol–water partition coefficient (Wildman–Crippen LogP) is 3.24. The van der Waals surface area contributed by atoms with Gasteiger partial charge in [-0.25, -0.2) is 8.42 Å². The molecule has 2 aromatic rings. The van der Waals surface area contributed by atoms with Crippen LogP contribution < -0.4 is 10.0 Å². The number of ether oxygens (including phenoxy) is 1. The lowest BCUT2D eigenvalue weighted by atomic mass is 10.1. The van der Waals surface area contributed by atoms with E-state index in [2.05, 4.69) is 10.0 Å². The zero-order valence-electron chi connectivity index (χ0n) is 14.4. The summed E-state index contributed by atoms with van der Waals surface area (Å²) in [5.41, 5.74) is 2.16. The van der Waals surface area contributed by atoms with Crippen molar-refractivity contribution >= 4 is 27.3 Å². The Bertz CT molecular complexity index is 830. The molecule has 0 aliphatic rings. The molecule has 0 unspecified atom stereocenters. The molecular weight excluding hydrogens is 340 g/mol. The van der Waals surface area contributed by atoms with E-state index in [4.69, 9.17) is 4.74 Å². The number of anilines is 2. The van der Waals surface area contributed by atoms with Crippen LogP contribution in [0.25, 0.3) is 0 Å². The van der Waals surface area contributed by atoms with Gasteiger partial charge in [-0.1, -0.05) is 24.3 Å². The maximum absolute atomic E-state index is 12.4. The van der Waals surface area contributed by atoms with Crippen molar-refractivity contribution in [3.63, 3.8) is 0 Å². The largest absolute Gasteiger partial charge is 0.374 e. The highest BCUT2D eigenvalue weighted by Crippen LogP contribution is 2.22. The van der Waals surface area contributed by atoms with Crippen LogP contribution in [-0.4, -0.2) is 26.7 Å². The van der Waals surface area contributed by atoms with E-state index < -0.39 is 10.0 Å². The maximum atomic E-state index is 12.4. The van der Waals surface area contributed by atoms with Crippen molar-refractivity contribution < 1.29 is 17.9 Å². The molecule has 25 heavy (non-hydrogen) atoms. The predicted molar refractivity (Wildman–Crippen MR) is 99.2 cm³/mol. The number of rotatable bonds is 7. The Hall–Kier alpha value is -2.38. The Labute approximate surface area is 148 Å². The van der Waals surface area contributed by atoms with Gasteiger partial charge in [0.2, 0.25) is 10.0 Å². The van der Waals surface area contributed by atoms with Crippen LogP contribution in [0.3, 0.4) is 0 Å². The first-order chi connectivity index (χ1) is 11.7. The van der Waals surface area contributed by atoms with Gasteiger partial charge < -0.3 is 10.1 Å². The summed E-state index contributed by atoms with van der Waals surface area (Å²) in [6.07, 6.45) is 1.20. The molecule has 2 aromatic carbocycles. The molecule has 7 heteroatoms. The Morgan fingerprint density at radius 3 is 2.20 bits per heavy atom. The Morgan fingerprint density at radius 1 is 1.04 bits per heavy atom. The highest BCUT2D eigenvalue weighted by molar-refractivity contribution is 7.92. The maximum Gasteiger partial charge on any atom is 0.255 e. The van der Waals surface area contributed by atoms with Crippen molar-refractivity contribution in [2.75, 3.05) is 16.3 Å². The molecule has 2 rings (SSSR count).